The molecule has 0 aromatic carbocycles. The predicted molar refractivity (Wildman–Crippen MR) is 82.4 cm³/mol. The molecule has 2 nitrogen and oxygen atoms in total. The standard InChI is InChI=1S/C14H23BrN2S/c1-2-3-10-4-6-11(7-5-10)14(17-16)12-8-18-9-13(12)15/h8-11,14,17H,2-7,16H2,1H3. The second kappa shape index (κ2) is 7.04. The molecule has 4 heteroatoms. The summed E-state index contributed by atoms with van der Waals surface area (Å²) in [5, 5.41) is 4.36. The molecule has 1 unspecified atom stereocenters. The molecular weight excluding hydrogens is 308 g/mol. The lowest BCUT2D eigenvalue weighted by molar-refractivity contribution is 0.215. The molecule has 0 spiro atoms. The van der Waals surface area contributed by atoms with Crippen molar-refractivity contribution in [2.45, 2.75) is 51.5 Å². The molecule has 1 aliphatic rings. The van der Waals surface area contributed by atoms with Gasteiger partial charge >= 0.3 is 0 Å². The highest BCUT2D eigenvalue weighted by molar-refractivity contribution is 9.10. The Morgan fingerprint density at radius 2 is 2.11 bits per heavy atom. The molecule has 1 atom stereocenters. The highest BCUT2D eigenvalue weighted by Crippen LogP contribution is 2.40. The molecule has 1 heterocycles. The van der Waals surface area contributed by atoms with Gasteiger partial charge in [0.2, 0.25) is 0 Å². The van der Waals surface area contributed by atoms with Crippen LogP contribution in [-0.2, 0) is 0 Å². The van der Waals surface area contributed by atoms with E-state index in [1.807, 2.05) is 0 Å². The Labute approximate surface area is 122 Å². The smallest absolute Gasteiger partial charge is 0.0507 e. The van der Waals surface area contributed by atoms with Crippen LogP contribution in [0.15, 0.2) is 15.2 Å². The second-order valence-corrected chi connectivity index (χ2v) is 6.99. The van der Waals surface area contributed by atoms with Gasteiger partial charge in [-0.05, 0) is 51.6 Å². The summed E-state index contributed by atoms with van der Waals surface area (Å²) in [4.78, 5) is 0. The number of rotatable bonds is 5. The molecule has 1 saturated carbocycles. The van der Waals surface area contributed by atoms with Crippen molar-refractivity contribution in [2.75, 3.05) is 0 Å². The largest absolute Gasteiger partial charge is 0.271 e. The maximum atomic E-state index is 5.79. The zero-order chi connectivity index (χ0) is 13.0. The molecule has 18 heavy (non-hydrogen) atoms. The summed E-state index contributed by atoms with van der Waals surface area (Å²) in [6, 6.07) is 0.313. The summed E-state index contributed by atoms with van der Waals surface area (Å²) in [5.74, 6) is 7.43. The summed E-state index contributed by atoms with van der Waals surface area (Å²) in [6.07, 6.45) is 8.08. The van der Waals surface area contributed by atoms with E-state index in [1.54, 1.807) is 11.3 Å². The summed E-state index contributed by atoms with van der Waals surface area (Å²) in [6.45, 7) is 2.29. The first-order chi connectivity index (χ1) is 8.76. The Morgan fingerprint density at radius 3 is 2.61 bits per heavy atom. The van der Waals surface area contributed by atoms with E-state index in [0.717, 1.165) is 5.92 Å². The normalized spacial score (nSPS) is 26.2. The van der Waals surface area contributed by atoms with Crippen LogP contribution in [0.3, 0.4) is 0 Å². The first-order valence-corrected chi connectivity index (χ1v) is 8.67. The van der Waals surface area contributed by atoms with E-state index in [0.29, 0.717) is 12.0 Å². The predicted octanol–water partition coefficient (Wildman–Crippen LogP) is 4.62. The lowest BCUT2D eigenvalue weighted by atomic mass is 9.76. The topological polar surface area (TPSA) is 38.0 Å². The van der Waals surface area contributed by atoms with E-state index in [4.69, 9.17) is 5.84 Å². The molecular formula is C14H23BrN2S. The number of halogens is 1. The highest BCUT2D eigenvalue weighted by Gasteiger charge is 2.28. The van der Waals surface area contributed by atoms with Crippen LogP contribution in [0.4, 0.5) is 0 Å². The molecule has 1 aromatic heterocycles. The van der Waals surface area contributed by atoms with Gasteiger partial charge < -0.3 is 0 Å². The van der Waals surface area contributed by atoms with Crippen LogP contribution < -0.4 is 11.3 Å². The molecule has 0 saturated heterocycles. The van der Waals surface area contributed by atoms with Crippen LogP contribution in [0.25, 0.3) is 0 Å². The second-order valence-electron chi connectivity index (χ2n) is 5.39. The summed E-state index contributed by atoms with van der Waals surface area (Å²) in [7, 11) is 0. The van der Waals surface area contributed by atoms with Crippen LogP contribution >= 0.6 is 27.3 Å². The highest BCUT2D eigenvalue weighted by atomic mass is 79.9. The molecule has 0 amide bonds. The van der Waals surface area contributed by atoms with Crippen LogP contribution in [0.5, 0.6) is 0 Å². The summed E-state index contributed by atoms with van der Waals surface area (Å²) < 4.78 is 1.20. The minimum absolute atomic E-state index is 0.313. The molecule has 1 aromatic rings. The van der Waals surface area contributed by atoms with Crippen molar-refractivity contribution in [2.24, 2.45) is 17.7 Å². The van der Waals surface area contributed by atoms with Gasteiger partial charge in [0, 0.05) is 9.85 Å². The number of nitrogens with one attached hydrogen (secondary N) is 1. The van der Waals surface area contributed by atoms with Crippen molar-refractivity contribution in [3.05, 3.63) is 20.8 Å². The number of thiophene rings is 1. The van der Waals surface area contributed by atoms with Crippen molar-refractivity contribution in [1.82, 2.24) is 5.43 Å². The molecule has 1 fully saturated rings. The lowest BCUT2D eigenvalue weighted by Gasteiger charge is -2.33. The molecule has 3 N–H and O–H groups in total. The molecule has 2 rings (SSSR count). The SMILES string of the molecule is CCCC1CCC(C(NN)c2cscc2Br)CC1. The lowest BCUT2D eigenvalue weighted by Crippen LogP contribution is -2.35. The molecule has 1 aliphatic carbocycles. The Kier molecular flexibility index (Phi) is 5.67. The average Bonchev–Trinajstić information content (AvgIpc) is 2.79. The van der Waals surface area contributed by atoms with Crippen LogP contribution in [0.1, 0.15) is 57.1 Å². The fraction of sp³-hybridized carbons (Fsp3) is 0.714. The maximum Gasteiger partial charge on any atom is 0.0507 e. The van der Waals surface area contributed by atoms with Gasteiger partial charge in [0.15, 0.2) is 0 Å². The van der Waals surface area contributed by atoms with Crippen molar-refractivity contribution < 1.29 is 0 Å². The molecule has 0 bridgehead atoms. The van der Waals surface area contributed by atoms with E-state index in [2.05, 4.69) is 39.0 Å². The van der Waals surface area contributed by atoms with E-state index >= 15 is 0 Å². The van der Waals surface area contributed by atoms with Gasteiger partial charge in [0.1, 0.15) is 0 Å². The van der Waals surface area contributed by atoms with Gasteiger partial charge in [-0.1, -0.05) is 32.6 Å². The third-order valence-electron chi connectivity index (χ3n) is 4.22. The molecule has 0 radical (unpaired) electrons. The van der Waals surface area contributed by atoms with Crippen molar-refractivity contribution >= 4 is 27.3 Å². The first kappa shape index (κ1) is 14.5. The minimum Gasteiger partial charge on any atom is -0.271 e. The maximum absolute atomic E-state index is 5.79. The van der Waals surface area contributed by atoms with E-state index in [1.165, 1.54) is 48.6 Å². The fourth-order valence-corrected chi connectivity index (χ4v) is 4.79. The van der Waals surface area contributed by atoms with Crippen molar-refractivity contribution in [3.63, 3.8) is 0 Å². The van der Waals surface area contributed by atoms with Crippen LogP contribution in [0, 0.1) is 11.8 Å². The number of hydrogen-bond acceptors (Lipinski definition) is 3. The van der Waals surface area contributed by atoms with Crippen molar-refractivity contribution in [1.29, 1.82) is 0 Å². The Balaban J connectivity index is 1.97. The van der Waals surface area contributed by atoms with E-state index in [9.17, 15) is 0 Å². The van der Waals surface area contributed by atoms with E-state index < -0.39 is 0 Å². The molecule has 102 valence electrons. The summed E-state index contributed by atoms with van der Waals surface area (Å²) >= 11 is 5.37. The zero-order valence-electron chi connectivity index (χ0n) is 11.0. The van der Waals surface area contributed by atoms with E-state index in [-0.39, 0.29) is 0 Å². The zero-order valence-corrected chi connectivity index (χ0v) is 13.4. The Hall–Kier alpha value is 0.100. The van der Waals surface area contributed by atoms with Gasteiger partial charge in [-0.3, -0.25) is 11.3 Å². The monoisotopic (exact) mass is 330 g/mol. The molecule has 0 aliphatic heterocycles. The van der Waals surface area contributed by atoms with Gasteiger partial charge in [0.25, 0.3) is 0 Å². The third kappa shape index (κ3) is 3.35. The minimum atomic E-state index is 0.313. The van der Waals surface area contributed by atoms with Crippen molar-refractivity contribution in [3.8, 4) is 0 Å². The first-order valence-electron chi connectivity index (χ1n) is 6.94. The average molecular weight is 331 g/mol. The number of nitrogens with two attached hydrogens (primary N) is 1. The van der Waals surface area contributed by atoms with Gasteiger partial charge in [-0.15, -0.1) is 0 Å². The quantitative estimate of drug-likeness (QED) is 0.610. The summed E-state index contributed by atoms with van der Waals surface area (Å²) in [5.41, 5.74) is 4.37. The fourth-order valence-electron chi connectivity index (χ4n) is 3.21. The van der Waals surface area contributed by atoms with Gasteiger partial charge in [-0.25, -0.2) is 0 Å². The number of hydrazine groups is 1. The third-order valence-corrected chi connectivity index (χ3v) is 5.97. The number of hydrogen-bond donors (Lipinski definition) is 2. The van der Waals surface area contributed by atoms with Crippen LogP contribution in [-0.4, -0.2) is 0 Å². The Bertz CT molecular complexity index is 358. The van der Waals surface area contributed by atoms with Gasteiger partial charge in [0.05, 0.1) is 6.04 Å². The van der Waals surface area contributed by atoms with Gasteiger partial charge in [-0.2, -0.15) is 11.3 Å². The van der Waals surface area contributed by atoms with Crippen LogP contribution in [0.2, 0.25) is 0 Å². The Morgan fingerprint density at radius 1 is 1.39 bits per heavy atom.